The van der Waals surface area contributed by atoms with E-state index in [1.165, 1.54) is 0 Å². The monoisotopic (exact) mass is 225 g/mol. The van der Waals surface area contributed by atoms with Gasteiger partial charge in [-0.1, -0.05) is 0 Å². The van der Waals surface area contributed by atoms with Crippen molar-refractivity contribution in [3.63, 3.8) is 0 Å². The van der Waals surface area contributed by atoms with Crippen molar-refractivity contribution in [2.45, 2.75) is 25.1 Å². The third-order valence-corrected chi connectivity index (χ3v) is 2.54. The highest BCUT2D eigenvalue weighted by Gasteiger charge is 2.29. The van der Waals surface area contributed by atoms with E-state index in [0.717, 1.165) is 25.9 Å². The van der Waals surface area contributed by atoms with Gasteiger partial charge in [-0.05, 0) is 19.4 Å². The van der Waals surface area contributed by atoms with E-state index < -0.39 is 12.7 Å². The molecular weight excluding hydrogens is 207 g/mol. The summed E-state index contributed by atoms with van der Waals surface area (Å²) in [6, 6.07) is -0.0491. The Morgan fingerprint density at radius 1 is 1.40 bits per heavy atom. The normalized spacial score (nSPS) is 24.4. The van der Waals surface area contributed by atoms with E-state index in [1.54, 1.807) is 0 Å². The summed E-state index contributed by atoms with van der Waals surface area (Å²) < 4.78 is 35.9. The van der Waals surface area contributed by atoms with Crippen molar-refractivity contribution in [3.05, 3.63) is 0 Å². The molecule has 0 saturated carbocycles. The second kappa shape index (κ2) is 5.67. The van der Waals surface area contributed by atoms with Crippen LogP contribution in [0.4, 0.5) is 13.2 Å². The van der Waals surface area contributed by atoms with Crippen molar-refractivity contribution in [2.75, 3.05) is 32.7 Å². The summed E-state index contributed by atoms with van der Waals surface area (Å²) in [7, 11) is 0. The van der Waals surface area contributed by atoms with Crippen LogP contribution in [0, 0.1) is 0 Å². The molecule has 0 bridgehead atoms. The molecule has 0 amide bonds. The van der Waals surface area contributed by atoms with E-state index >= 15 is 0 Å². The number of nitrogens with zero attached hydrogens (tertiary/aromatic N) is 1. The molecule has 90 valence electrons. The molecule has 1 heterocycles. The van der Waals surface area contributed by atoms with Gasteiger partial charge in [0.25, 0.3) is 0 Å². The number of hydrogen-bond acceptors (Lipinski definition) is 3. The fraction of sp³-hybridized carbons (Fsp3) is 1.00. The molecule has 1 fully saturated rings. The van der Waals surface area contributed by atoms with Gasteiger partial charge in [-0.3, -0.25) is 0 Å². The lowest BCUT2D eigenvalue weighted by atomic mass is 10.1. The lowest BCUT2D eigenvalue weighted by Crippen LogP contribution is -2.49. The molecule has 0 aliphatic carbocycles. The van der Waals surface area contributed by atoms with Crippen molar-refractivity contribution < 1.29 is 13.2 Å². The van der Waals surface area contributed by atoms with Gasteiger partial charge in [0.15, 0.2) is 0 Å². The van der Waals surface area contributed by atoms with Crippen molar-refractivity contribution in [1.82, 2.24) is 10.2 Å². The average molecular weight is 225 g/mol. The van der Waals surface area contributed by atoms with Gasteiger partial charge >= 0.3 is 6.18 Å². The number of likely N-dealkylation sites (tertiary alicyclic amines) is 1. The van der Waals surface area contributed by atoms with Crippen LogP contribution in [0.3, 0.4) is 0 Å². The van der Waals surface area contributed by atoms with Crippen molar-refractivity contribution in [1.29, 1.82) is 0 Å². The predicted molar refractivity (Wildman–Crippen MR) is 52.6 cm³/mol. The number of rotatable bonds is 4. The topological polar surface area (TPSA) is 41.3 Å². The average Bonchev–Trinajstić information content (AvgIpc) is 2.15. The third-order valence-electron chi connectivity index (χ3n) is 2.54. The van der Waals surface area contributed by atoms with Crippen molar-refractivity contribution in [3.8, 4) is 0 Å². The zero-order valence-electron chi connectivity index (χ0n) is 8.69. The van der Waals surface area contributed by atoms with Gasteiger partial charge in [0.1, 0.15) is 0 Å². The second-order valence-electron chi connectivity index (χ2n) is 3.92. The maximum Gasteiger partial charge on any atom is 0.401 e. The molecule has 3 N–H and O–H groups in total. The molecule has 0 spiro atoms. The van der Waals surface area contributed by atoms with Crippen LogP contribution in [0.5, 0.6) is 0 Å². The summed E-state index contributed by atoms with van der Waals surface area (Å²) >= 11 is 0. The standard InChI is InChI=1S/C9H18F3N3/c10-9(11,12)7-14-8-2-1-4-15(6-8)5-3-13/h8,14H,1-7,13H2. The van der Waals surface area contributed by atoms with Crippen LogP contribution >= 0.6 is 0 Å². The molecule has 0 radical (unpaired) electrons. The first kappa shape index (κ1) is 12.7. The Morgan fingerprint density at radius 3 is 2.73 bits per heavy atom. The van der Waals surface area contributed by atoms with Gasteiger partial charge in [0.05, 0.1) is 6.54 Å². The quantitative estimate of drug-likeness (QED) is 0.734. The molecule has 1 atom stereocenters. The molecule has 1 aliphatic heterocycles. The molecule has 0 aromatic rings. The van der Waals surface area contributed by atoms with Gasteiger partial charge in [0, 0.05) is 25.7 Å². The number of nitrogens with one attached hydrogen (secondary N) is 1. The summed E-state index contributed by atoms with van der Waals surface area (Å²) in [6.07, 6.45) is -2.36. The molecule has 1 aliphatic rings. The Balaban J connectivity index is 2.24. The van der Waals surface area contributed by atoms with E-state index in [9.17, 15) is 13.2 Å². The molecule has 1 saturated heterocycles. The number of alkyl halides is 3. The second-order valence-corrected chi connectivity index (χ2v) is 3.92. The summed E-state index contributed by atoms with van der Waals surface area (Å²) in [6.45, 7) is 2.05. The minimum absolute atomic E-state index is 0.0491. The lowest BCUT2D eigenvalue weighted by Gasteiger charge is -2.33. The van der Waals surface area contributed by atoms with Gasteiger partial charge in [-0.25, -0.2) is 0 Å². The van der Waals surface area contributed by atoms with E-state index in [2.05, 4.69) is 10.2 Å². The number of hydrogen-bond donors (Lipinski definition) is 2. The molecule has 3 nitrogen and oxygen atoms in total. The van der Waals surface area contributed by atoms with Crippen LogP contribution in [0.2, 0.25) is 0 Å². The fourth-order valence-electron chi connectivity index (χ4n) is 1.87. The minimum Gasteiger partial charge on any atom is -0.329 e. The minimum atomic E-state index is -4.11. The third kappa shape index (κ3) is 5.34. The molecule has 6 heteroatoms. The fourth-order valence-corrected chi connectivity index (χ4v) is 1.87. The van der Waals surface area contributed by atoms with Crippen molar-refractivity contribution in [2.24, 2.45) is 5.73 Å². The van der Waals surface area contributed by atoms with E-state index in [4.69, 9.17) is 5.73 Å². The molecule has 1 rings (SSSR count). The van der Waals surface area contributed by atoms with Crippen LogP contribution in [0.1, 0.15) is 12.8 Å². The number of piperidine rings is 1. The summed E-state index contributed by atoms with van der Waals surface area (Å²) in [5.41, 5.74) is 5.41. The highest BCUT2D eigenvalue weighted by atomic mass is 19.4. The summed E-state index contributed by atoms with van der Waals surface area (Å²) in [4.78, 5) is 2.11. The van der Waals surface area contributed by atoms with Crippen LogP contribution in [0.25, 0.3) is 0 Å². The molecule has 0 aromatic heterocycles. The van der Waals surface area contributed by atoms with Crippen LogP contribution < -0.4 is 11.1 Å². The Bertz CT molecular complexity index is 182. The van der Waals surface area contributed by atoms with Gasteiger partial charge in [-0.15, -0.1) is 0 Å². The zero-order valence-corrected chi connectivity index (χ0v) is 8.69. The van der Waals surface area contributed by atoms with E-state index in [0.29, 0.717) is 13.1 Å². The van der Waals surface area contributed by atoms with Crippen LogP contribution in [-0.4, -0.2) is 49.8 Å². The number of halogens is 3. The molecule has 1 unspecified atom stereocenters. The molecule has 15 heavy (non-hydrogen) atoms. The lowest BCUT2D eigenvalue weighted by molar-refractivity contribution is -0.127. The molecule has 0 aromatic carbocycles. The van der Waals surface area contributed by atoms with E-state index in [1.807, 2.05) is 0 Å². The Labute approximate surface area is 87.8 Å². The molecular formula is C9H18F3N3. The maximum atomic E-state index is 12.0. The Kier molecular flexibility index (Phi) is 4.82. The SMILES string of the molecule is NCCN1CCCC(NCC(F)(F)F)C1. The zero-order chi connectivity index (χ0) is 11.3. The highest BCUT2D eigenvalue weighted by Crippen LogP contribution is 2.15. The first-order chi connectivity index (χ1) is 7.01. The van der Waals surface area contributed by atoms with Gasteiger partial charge in [0.2, 0.25) is 0 Å². The van der Waals surface area contributed by atoms with Gasteiger partial charge in [-0.2, -0.15) is 13.2 Å². The number of nitrogens with two attached hydrogens (primary N) is 1. The summed E-state index contributed by atoms with van der Waals surface area (Å²) in [5.74, 6) is 0. The van der Waals surface area contributed by atoms with E-state index in [-0.39, 0.29) is 6.04 Å². The largest absolute Gasteiger partial charge is 0.401 e. The highest BCUT2D eigenvalue weighted by molar-refractivity contribution is 4.79. The Morgan fingerprint density at radius 2 is 2.13 bits per heavy atom. The van der Waals surface area contributed by atoms with Crippen LogP contribution in [0.15, 0.2) is 0 Å². The predicted octanol–water partition coefficient (Wildman–Crippen LogP) is 0.561. The first-order valence-corrected chi connectivity index (χ1v) is 5.24. The smallest absolute Gasteiger partial charge is 0.329 e. The maximum absolute atomic E-state index is 12.0. The van der Waals surface area contributed by atoms with Crippen molar-refractivity contribution >= 4 is 0 Å². The first-order valence-electron chi connectivity index (χ1n) is 5.24. The summed E-state index contributed by atoms with van der Waals surface area (Å²) in [5, 5.41) is 2.54. The Hall–Kier alpha value is -0.330. The van der Waals surface area contributed by atoms with Gasteiger partial charge < -0.3 is 16.0 Å². The van der Waals surface area contributed by atoms with Crippen LogP contribution in [-0.2, 0) is 0 Å².